The number of ether oxygens (including phenoxy) is 2. The predicted molar refractivity (Wildman–Crippen MR) is 103 cm³/mol. The molecule has 2 atom stereocenters. The first-order chi connectivity index (χ1) is 13.2. The minimum atomic E-state index is -0.0574. The van der Waals surface area contributed by atoms with E-state index >= 15 is 0 Å². The van der Waals surface area contributed by atoms with Crippen molar-refractivity contribution in [2.45, 2.75) is 24.9 Å². The van der Waals surface area contributed by atoms with Crippen LogP contribution in [0.1, 0.15) is 23.2 Å². The largest absolute Gasteiger partial charge is 0.481 e. The summed E-state index contributed by atoms with van der Waals surface area (Å²) in [7, 11) is 1.59. The molecule has 2 aliphatic heterocycles. The molecule has 142 valence electrons. The Morgan fingerprint density at radius 3 is 2.78 bits per heavy atom. The summed E-state index contributed by atoms with van der Waals surface area (Å²) >= 11 is 0. The monoisotopic (exact) mass is 367 g/mol. The fourth-order valence-corrected chi connectivity index (χ4v) is 3.88. The summed E-state index contributed by atoms with van der Waals surface area (Å²) < 4.78 is 10.8. The average Bonchev–Trinajstić information content (AvgIpc) is 3.40. The first-order valence-corrected chi connectivity index (χ1v) is 9.48. The number of methoxy groups -OCH3 is 1. The van der Waals surface area contributed by atoms with Crippen LogP contribution in [0.4, 0.5) is 0 Å². The number of pyridine rings is 1. The number of likely N-dealkylation sites (tertiary alicyclic amines) is 1. The van der Waals surface area contributed by atoms with Gasteiger partial charge in [0, 0.05) is 23.4 Å². The van der Waals surface area contributed by atoms with Crippen LogP contribution in [0.2, 0.25) is 0 Å². The first kappa shape index (κ1) is 17.9. The van der Waals surface area contributed by atoms with E-state index in [9.17, 15) is 4.79 Å². The molecular formula is C21H25N3O3. The van der Waals surface area contributed by atoms with Crippen molar-refractivity contribution < 1.29 is 14.3 Å². The van der Waals surface area contributed by atoms with Gasteiger partial charge in [0.25, 0.3) is 5.91 Å². The second-order valence-electron chi connectivity index (χ2n) is 7.10. The molecule has 4 rings (SSSR count). The van der Waals surface area contributed by atoms with E-state index in [-0.39, 0.29) is 18.0 Å². The number of benzene rings is 1. The van der Waals surface area contributed by atoms with Crippen molar-refractivity contribution >= 4 is 5.91 Å². The number of nitrogens with one attached hydrogen (secondary N) is 1. The highest BCUT2D eigenvalue weighted by Crippen LogP contribution is 2.23. The summed E-state index contributed by atoms with van der Waals surface area (Å²) in [5.74, 6) is 0.514. The number of nitrogens with zero attached hydrogens (tertiary/aromatic N) is 2. The Hall–Kier alpha value is -2.44. The van der Waals surface area contributed by atoms with Crippen molar-refractivity contribution in [3.05, 3.63) is 48.2 Å². The lowest BCUT2D eigenvalue weighted by Gasteiger charge is -2.28. The van der Waals surface area contributed by atoms with Crippen molar-refractivity contribution in [1.29, 1.82) is 0 Å². The molecule has 2 fully saturated rings. The third-order valence-electron chi connectivity index (χ3n) is 5.38. The Kier molecular flexibility index (Phi) is 5.36. The van der Waals surface area contributed by atoms with Gasteiger partial charge in [-0.2, -0.15) is 0 Å². The van der Waals surface area contributed by atoms with Crippen LogP contribution in [0.15, 0.2) is 42.6 Å². The number of hydrogen-bond donors (Lipinski definition) is 1. The second-order valence-corrected chi connectivity index (χ2v) is 7.10. The fourth-order valence-electron chi connectivity index (χ4n) is 3.88. The summed E-state index contributed by atoms with van der Waals surface area (Å²) in [6.45, 7) is 3.47. The molecule has 6 heteroatoms. The molecule has 2 aliphatic rings. The highest BCUT2D eigenvalue weighted by Gasteiger charge is 2.35. The number of aromatic nitrogens is 1. The van der Waals surface area contributed by atoms with Crippen LogP contribution in [-0.2, 0) is 4.74 Å². The van der Waals surface area contributed by atoms with Crippen LogP contribution in [-0.4, -0.2) is 61.3 Å². The SMILES string of the molecule is COc1ccc(-c2cccc(C(=O)N[C@H]3COC[C@@H]3N3CCCC3)c2)cn1. The number of carbonyl (C=O) groups excluding carboxylic acids is 1. The van der Waals surface area contributed by atoms with Crippen molar-refractivity contribution in [1.82, 2.24) is 15.2 Å². The summed E-state index contributed by atoms with van der Waals surface area (Å²) in [5, 5.41) is 3.18. The molecule has 3 heterocycles. The molecular weight excluding hydrogens is 342 g/mol. The van der Waals surface area contributed by atoms with Gasteiger partial charge in [-0.1, -0.05) is 12.1 Å². The van der Waals surface area contributed by atoms with Gasteiger partial charge in [-0.15, -0.1) is 0 Å². The van der Waals surface area contributed by atoms with Crippen LogP contribution in [0, 0.1) is 0 Å². The van der Waals surface area contributed by atoms with Crippen molar-refractivity contribution in [2.24, 2.45) is 0 Å². The third-order valence-corrected chi connectivity index (χ3v) is 5.38. The van der Waals surface area contributed by atoms with Crippen molar-refractivity contribution in [3.63, 3.8) is 0 Å². The quantitative estimate of drug-likeness (QED) is 0.879. The zero-order valence-corrected chi connectivity index (χ0v) is 15.6. The maximum Gasteiger partial charge on any atom is 0.251 e. The van der Waals surface area contributed by atoms with Gasteiger partial charge in [0.05, 0.1) is 32.4 Å². The number of carbonyl (C=O) groups is 1. The first-order valence-electron chi connectivity index (χ1n) is 9.48. The molecule has 0 saturated carbocycles. The maximum absolute atomic E-state index is 12.8. The maximum atomic E-state index is 12.8. The fraction of sp³-hybridized carbons (Fsp3) is 0.429. The van der Waals surface area contributed by atoms with E-state index in [0.29, 0.717) is 24.7 Å². The Labute approximate surface area is 159 Å². The molecule has 0 radical (unpaired) electrons. The molecule has 1 aromatic heterocycles. The number of hydrogen-bond acceptors (Lipinski definition) is 5. The van der Waals surface area contributed by atoms with Gasteiger partial charge < -0.3 is 14.8 Å². The molecule has 0 aliphatic carbocycles. The smallest absolute Gasteiger partial charge is 0.251 e. The van der Waals surface area contributed by atoms with Crippen LogP contribution < -0.4 is 10.1 Å². The lowest BCUT2D eigenvalue weighted by atomic mass is 10.0. The lowest BCUT2D eigenvalue weighted by Crippen LogP contribution is -2.50. The Morgan fingerprint density at radius 2 is 2.04 bits per heavy atom. The standard InChI is InChI=1S/C21H25N3O3/c1-26-20-8-7-17(12-22-20)15-5-4-6-16(11-15)21(25)23-18-13-27-14-19(18)24-9-2-3-10-24/h4-8,11-12,18-19H,2-3,9-10,13-14H2,1H3,(H,23,25)/t18-,19-/m0/s1. The molecule has 27 heavy (non-hydrogen) atoms. The lowest BCUT2D eigenvalue weighted by molar-refractivity contribution is 0.0916. The second kappa shape index (κ2) is 8.06. The minimum Gasteiger partial charge on any atom is -0.481 e. The Bertz CT molecular complexity index is 788. The van der Waals surface area contributed by atoms with Gasteiger partial charge >= 0.3 is 0 Å². The molecule has 1 N–H and O–H groups in total. The third kappa shape index (κ3) is 3.96. The van der Waals surface area contributed by atoms with Crippen LogP contribution in [0.3, 0.4) is 0 Å². The van der Waals surface area contributed by atoms with Gasteiger partial charge in [0.1, 0.15) is 0 Å². The Balaban J connectivity index is 1.47. The molecule has 0 unspecified atom stereocenters. The van der Waals surface area contributed by atoms with Gasteiger partial charge in [0.2, 0.25) is 5.88 Å². The summed E-state index contributed by atoms with van der Waals surface area (Å²) in [6, 6.07) is 11.7. The molecule has 2 saturated heterocycles. The minimum absolute atomic E-state index is 0.0434. The van der Waals surface area contributed by atoms with E-state index in [1.54, 1.807) is 13.3 Å². The predicted octanol–water partition coefficient (Wildman–Crippen LogP) is 2.35. The number of amides is 1. The average molecular weight is 367 g/mol. The number of rotatable bonds is 5. The molecule has 0 bridgehead atoms. The van der Waals surface area contributed by atoms with E-state index in [0.717, 1.165) is 24.2 Å². The molecule has 1 amide bonds. The van der Waals surface area contributed by atoms with Crippen molar-refractivity contribution in [2.75, 3.05) is 33.4 Å². The summed E-state index contributed by atoms with van der Waals surface area (Å²) in [4.78, 5) is 19.5. The van der Waals surface area contributed by atoms with E-state index in [1.165, 1.54) is 12.8 Å². The van der Waals surface area contributed by atoms with E-state index in [1.807, 2.05) is 36.4 Å². The molecule has 2 aromatic rings. The van der Waals surface area contributed by atoms with Crippen LogP contribution >= 0.6 is 0 Å². The normalized spacial score (nSPS) is 22.7. The highest BCUT2D eigenvalue weighted by atomic mass is 16.5. The van der Waals surface area contributed by atoms with Crippen LogP contribution in [0.25, 0.3) is 11.1 Å². The van der Waals surface area contributed by atoms with Gasteiger partial charge in [-0.05, 0) is 49.7 Å². The van der Waals surface area contributed by atoms with E-state index in [2.05, 4.69) is 15.2 Å². The summed E-state index contributed by atoms with van der Waals surface area (Å²) in [6.07, 6.45) is 4.22. The summed E-state index contributed by atoms with van der Waals surface area (Å²) in [5.41, 5.74) is 2.55. The molecule has 1 aromatic carbocycles. The molecule has 0 spiro atoms. The molecule has 6 nitrogen and oxygen atoms in total. The Morgan fingerprint density at radius 1 is 1.19 bits per heavy atom. The van der Waals surface area contributed by atoms with Crippen LogP contribution in [0.5, 0.6) is 5.88 Å². The van der Waals surface area contributed by atoms with E-state index < -0.39 is 0 Å². The highest BCUT2D eigenvalue weighted by molar-refractivity contribution is 5.95. The van der Waals surface area contributed by atoms with Gasteiger partial charge in [-0.25, -0.2) is 4.98 Å². The zero-order valence-electron chi connectivity index (χ0n) is 15.6. The van der Waals surface area contributed by atoms with E-state index in [4.69, 9.17) is 9.47 Å². The zero-order chi connectivity index (χ0) is 18.6. The van der Waals surface area contributed by atoms with Gasteiger partial charge in [-0.3, -0.25) is 9.69 Å². The van der Waals surface area contributed by atoms with Gasteiger partial charge in [0.15, 0.2) is 0 Å². The van der Waals surface area contributed by atoms with Crippen molar-refractivity contribution in [3.8, 4) is 17.0 Å². The topological polar surface area (TPSA) is 63.7 Å².